The van der Waals surface area contributed by atoms with Gasteiger partial charge in [-0.05, 0) is 42.7 Å². The highest BCUT2D eigenvalue weighted by Gasteiger charge is 2.11. The molecule has 0 fully saturated rings. The number of para-hydroxylation sites is 1. The Morgan fingerprint density at radius 2 is 2.24 bits per heavy atom. The second-order valence-electron chi connectivity index (χ2n) is 4.86. The predicted octanol–water partition coefficient (Wildman–Crippen LogP) is 2.56. The molecular weight excluding hydrogens is 269 g/mol. The molecule has 0 saturated heterocycles. The van der Waals surface area contributed by atoms with Crippen LogP contribution in [-0.4, -0.2) is 11.0 Å². The zero-order valence-electron chi connectivity index (χ0n) is 11.7. The van der Waals surface area contributed by atoms with Gasteiger partial charge in [0.05, 0.1) is 0 Å². The van der Waals surface area contributed by atoms with E-state index in [9.17, 15) is 4.39 Å². The third-order valence-electron chi connectivity index (χ3n) is 2.91. The van der Waals surface area contributed by atoms with Gasteiger partial charge in [0, 0.05) is 12.2 Å². The second-order valence-corrected chi connectivity index (χ2v) is 4.86. The molecule has 5 heteroatoms. The number of benzene rings is 1. The minimum atomic E-state index is -0.414. The van der Waals surface area contributed by atoms with E-state index in [0.29, 0.717) is 12.1 Å². The Kier molecular flexibility index (Phi) is 4.85. The highest BCUT2D eigenvalue weighted by atomic mass is 19.1. The van der Waals surface area contributed by atoms with Crippen LogP contribution in [0.2, 0.25) is 0 Å². The van der Waals surface area contributed by atoms with E-state index >= 15 is 0 Å². The molecule has 0 aliphatic carbocycles. The number of hydrogen-bond acceptors (Lipinski definition) is 4. The minimum Gasteiger partial charge on any atom is -0.486 e. The average Bonchev–Trinajstić information content (AvgIpc) is 2.46. The normalized spacial score (nSPS) is 11.7. The van der Waals surface area contributed by atoms with Crippen molar-refractivity contribution in [2.45, 2.75) is 26.0 Å². The zero-order chi connectivity index (χ0) is 15.2. The van der Waals surface area contributed by atoms with Gasteiger partial charge >= 0.3 is 0 Å². The second kappa shape index (κ2) is 6.82. The lowest BCUT2D eigenvalue weighted by molar-refractivity contribution is 0.286. The fourth-order valence-corrected chi connectivity index (χ4v) is 2.00. The summed E-state index contributed by atoms with van der Waals surface area (Å²) in [4.78, 5) is 3.88. The summed E-state index contributed by atoms with van der Waals surface area (Å²) in [6.45, 7) is 2.03. The summed E-state index contributed by atoms with van der Waals surface area (Å²) >= 11 is 0. The first-order valence-corrected chi connectivity index (χ1v) is 6.61. The van der Waals surface area contributed by atoms with Gasteiger partial charge < -0.3 is 10.5 Å². The molecule has 2 N–H and O–H groups in total. The first-order chi connectivity index (χ1) is 10.1. The largest absolute Gasteiger partial charge is 0.486 e. The number of nitrogens with two attached hydrogens (primary N) is 1. The molecule has 0 bridgehead atoms. The van der Waals surface area contributed by atoms with E-state index in [1.165, 1.54) is 12.3 Å². The van der Waals surface area contributed by atoms with Gasteiger partial charge in [0.1, 0.15) is 18.4 Å². The maximum Gasteiger partial charge on any atom is 0.165 e. The number of rotatable bonds is 5. The van der Waals surface area contributed by atoms with E-state index < -0.39 is 5.82 Å². The van der Waals surface area contributed by atoms with Crippen LogP contribution in [-0.2, 0) is 13.0 Å². The minimum absolute atomic E-state index is 0.0831. The average molecular weight is 285 g/mol. The molecule has 1 atom stereocenters. The Bertz CT molecular complexity index is 665. The fraction of sp³-hybridized carbons (Fsp3) is 0.250. The van der Waals surface area contributed by atoms with Crippen LogP contribution in [0, 0.1) is 17.1 Å². The van der Waals surface area contributed by atoms with E-state index in [-0.39, 0.29) is 18.4 Å². The topological polar surface area (TPSA) is 71.9 Å². The van der Waals surface area contributed by atoms with E-state index in [2.05, 4.69) is 4.98 Å². The molecule has 1 heterocycles. The van der Waals surface area contributed by atoms with Gasteiger partial charge in [-0.25, -0.2) is 9.37 Å². The van der Waals surface area contributed by atoms with Crippen molar-refractivity contribution >= 4 is 0 Å². The molecule has 21 heavy (non-hydrogen) atoms. The monoisotopic (exact) mass is 285 g/mol. The molecule has 0 amide bonds. The molecule has 0 radical (unpaired) electrons. The quantitative estimate of drug-likeness (QED) is 0.916. The maximum absolute atomic E-state index is 13.9. The van der Waals surface area contributed by atoms with E-state index in [1.54, 1.807) is 24.3 Å². The Labute approximate surface area is 123 Å². The van der Waals surface area contributed by atoms with Crippen molar-refractivity contribution in [1.82, 2.24) is 4.98 Å². The predicted molar refractivity (Wildman–Crippen MR) is 77.0 cm³/mol. The molecule has 1 aromatic heterocycles. The van der Waals surface area contributed by atoms with E-state index in [4.69, 9.17) is 15.7 Å². The molecule has 2 aromatic rings. The lowest BCUT2D eigenvalue weighted by Crippen LogP contribution is -2.18. The van der Waals surface area contributed by atoms with Crippen molar-refractivity contribution < 1.29 is 9.13 Å². The maximum atomic E-state index is 13.9. The summed E-state index contributed by atoms with van der Waals surface area (Å²) in [6.07, 6.45) is 2.06. The SMILES string of the molecule is CC(N)Cc1cccc(F)c1OCc1ccnc(C#N)c1. The summed E-state index contributed by atoms with van der Waals surface area (Å²) < 4.78 is 19.5. The molecular formula is C16H16FN3O. The van der Waals surface area contributed by atoms with Gasteiger partial charge in [-0.2, -0.15) is 5.26 Å². The third kappa shape index (κ3) is 4.01. The van der Waals surface area contributed by atoms with Crippen LogP contribution < -0.4 is 10.5 Å². The lowest BCUT2D eigenvalue weighted by Gasteiger charge is -2.14. The van der Waals surface area contributed by atoms with E-state index in [1.807, 2.05) is 13.0 Å². The number of ether oxygens (including phenoxy) is 1. The summed E-state index contributed by atoms with van der Waals surface area (Å²) in [7, 11) is 0. The number of pyridine rings is 1. The van der Waals surface area contributed by atoms with Crippen molar-refractivity contribution in [3.8, 4) is 11.8 Å². The van der Waals surface area contributed by atoms with Gasteiger partial charge in [0.25, 0.3) is 0 Å². The highest BCUT2D eigenvalue weighted by Crippen LogP contribution is 2.24. The number of nitriles is 1. The summed E-state index contributed by atoms with van der Waals surface area (Å²) in [5.41, 5.74) is 7.57. The summed E-state index contributed by atoms with van der Waals surface area (Å²) in [5.74, 6) is -0.201. The molecule has 2 rings (SSSR count). The fourth-order valence-electron chi connectivity index (χ4n) is 2.00. The van der Waals surface area contributed by atoms with Gasteiger partial charge in [-0.1, -0.05) is 12.1 Å². The molecule has 108 valence electrons. The van der Waals surface area contributed by atoms with Crippen molar-refractivity contribution in [2.75, 3.05) is 0 Å². The number of halogens is 1. The van der Waals surface area contributed by atoms with Crippen molar-refractivity contribution in [2.24, 2.45) is 5.73 Å². The summed E-state index contributed by atoms with van der Waals surface area (Å²) in [6, 6.07) is 10.0. The molecule has 1 aromatic carbocycles. The van der Waals surface area contributed by atoms with Crippen molar-refractivity contribution in [1.29, 1.82) is 5.26 Å². The Balaban J connectivity index is 2.17. The molecule has 0 aliphatic heterocycles. The van der Waals surface area contributed by atoms with Crippen LogP contribution in [0.3, 0.4) is 0 Å². The number of hydrogen-bond donors (Lipinski definition) is 1. The highest BCUT2D eigenvalue weighted by molar-refractivity contribution is 5.36. The van der Waals surface area contributed by atoms with Crippen LogP contribution in [0.4, 0.5) is 4.39 Å². The molecule has 4 nitrogen and oxygen atoms in total. The standard InChI is InChI=1S/C16H16FN3O/c1-11(19)7-13-3-2-4-15(17)16(13)21-10-12-5-6-20-14(8-12)9-18/h2-6,8,11H,7,10,19H2,1H3. The van der Waals surface area contributed by atoms with Gasteiger partial charge in [0.15, 0.2) is 11.6 Å². The molecule has 0 aliphatic rings. The van der Waals surface area contributed by atoms with Gasteiger partial charge in [-0.15, -0.1) is 0 Å². The van der Waals surface area contributed by atoms with Crippen LogP contribution in [0.5, 0.6) is 5.75 Å². The third-order valence-corrected chi connectivity index (χ3v) is 2.91. The Hall–Kier alpha value is -2.45. The van der Waals surface area contributed by atoms with Crippen molar-refractivity contribution in [3.05, 3.63) is 59.2 Å². The first kappa shape index (κ1) is 14.9. The molecule has 0 saturated carbocycles. The van der Waals surface area contributed by atoms with Crippen LogP contribution in [0.15, 0.2) is 36.5 Å². The Morgan fingerprint density at radius 1 is 1.43 bits per heavy atom. The zero-order valence-corrected chi connectivity index (χ0v) is 11.7. The molecule has 1 unspecified atom stereocenters. The smallest absolute Gasteiger partial charge is 0.165 e. The van der Waals surface area contributed by atoms with Crippen LogP contribution in [0.25, 0.3) is 0 Å². The Morgan fingerprint density at radius 3 is 2.95 bits per heavy atom. The van der Waals surface area contributed by atoms with Crippen LogP contribution >= 0.6 is 0 Å². The van der Waals surface area contributed by atoms with Crippen LogP contribution in [0.1, 0.15) is 23.7 Å². The van der Waals surface area contributed by atoms with Gasteiger partial charge in [-0.3, -0.25) is 0 Å². The van der Waals surface area contributed by atoms with E-state index in [0.717, 1.165) is 11.1 Å². The summed E-state index contributed by atoms with van der Waals surface area (Å²) in [5, 5.41) is 8.81. The molecule has 0 spiro atoms. The number of nitrogens with zero attached hydrogens (tertiary/aromatic N) is 2. The van der Waals surface area contributed by atoms with Gasteiger partial charge in [0.2, 0.25) is 0 Å². The number of aromatic nitrogens is 1. The van der Waals surface area contributed by atoms with Crippen molar-refractivity contribution in [3.63, 3.8) is 0 Å². The first-order valence-electron chi connectivity index (χ1n) is 6.61. The lowest BCUT2D eigenvalue weighted by atomic mass is 10.1.